The van der Waals surface area contributed by atoms with Gasteiger partial charge in [0.2, 0.25) is 5.91 Å². The molecule has 1 heterocycles. The highest BCUT2D eigenvalue weighted by Gasteiger charge is 2.23. The molecule has 0 radical (unpaired) electrons. The molecule has 0 spiro atoms. The molecule has 0 aliphatic carbocycles. The van der Waals surface area contributed by atoms with Crippen LogP contribution in [-0.2, 0) is 11.2 Å². The molecule has 1 aliphatic heterocycles. The van der Waals surface area contributed by atoms with Crippen LogP contribution in [0.1, 0.15) is 26.3 Å². The normalized spacial score (nSPS) is 14.7. The van der Waals surface area contributed by atoms with Gasteiger partial charge in [0.1, 0.15) is 0 Å². The minimum atomic E-state index is -0.352. The van der Waals surface area contributed by atoms with E-state index in [0.29, 0.717) is 13.1 Å². The number of para-hydroxylation sites is 1. The molecule has 22 heavy (non-hydrogen) atoms. The van der Waals surface area contributed by atoms with Gasteiger partial charge in [0.25, 0.3) is 0 Å². The number of fused-ring (bicyclic) bond motifs is 1. The fourth-order valence-electron chi connectivity index (χ4n) is 2.47. The number of guanidine groups is 1. The van der Waals surface area contributed by atoms with Crippen molar-refractivity contribution in [3.05, 3.63) is 29.8 Å². The van der Waals surface area contributed by atoms with E-state index in [1.54, 1.807) is 7.05 Å². The standard InChI is InChI=1S/C17H26N4O/c1-17(2,3)15(22)19-10-11-20-16(18-4)21-12-9-13-7-5-6-8-14(13)21/h5-8H,9-12H2,1-4H3,(H,18,20)(H,19,22). The Morgan fingerprint density at radius 2 is 1.91 bits per heavy atom. The Kier molecular flexibility index (Phi) is 5.06. The zero-order valence-corrected chi connectivity index (χ0v) is 13.9. The number of carbonyl (C=O) groups excluding carboxylic acids is 1. The molecule has 5 heteroatoms. The summed E-state index contributed by atoms with van der Waals surface area (Å²) in [7, 11) is 1.79. The van der Waals surface area contributed by atoms with Gasteiger partial charge in [0, 0.05) is 37.8 Å². The molecule has 0 unspecified atom stereocenters. The van der Waals surface area contributed by atoms with Gasteiger partial charge in [-0.2, -0.15) is 0 Å². The lowest BCUT2D eigenvalue weighted by atomic mass is 9.96. The van der Waals surface area contributed by atoms with Crippen molar-refractivity contribution < 1.29 is 4.79 Å². The van der Waals surface area contributed by atoms with Crippen LogP contribution < -0.4 is 15.5 Å². The summed E-state index contributed by atoms with van der Waals surface area (Å²) in [5.74, 6) is 0.922. The maximum absolute atomic E-state index is 11.8. The lowest BCUT2D eigenvalue weighted by Crippen LogP contribution is -2.45. The van der Waals surface area contributed by atoms with E-state index >= 15 is 0 Å². The van der Waals surface area contributed by atoms with E-state index in [4.69, 9.17) is 0 Å². The van der Waals surface area contributed by atoms with Gasteiger partial charge >= 0.3 is 0 Å². The third-order valence-electron chi connectivity index (χ3n) is 3.73. The zero-order chi connectivity index (χ0) is 16.2. The smallest absolute Gasteiger partial charge is 0.225 e. The summed E-state index contributed by atoms with van der Waals surface area (Å²) in [6.07, 6.45) is 1.04. The second kappa shape index (κ2) is 6.81. The van der Waals surface area contributed by atoms with Gasteiger partial charge in [-0.3, -0.25) is 9.79 Å². The monoisotopic (exact) mass is 302 g/mol. The number of hydrogen-bond donors (Lipinski definition) is 2. The summed E-state index contributed by atoms with van der Waals surface area (Å²) >= 11 is 0. The van der Waals surface area contributed by atoms with Crippen LogP contribution in [-0.4, -0.2) is 38.5 Å². The highest BCUT2D eigenvalue weighted by molar-refractivity contribution is 5.97. The van der Waals surface area contributed by atoms with Crippen LogP contribution in [0.5, 0.6) is 0 Å². The first-order chi connectivity index (χ1) is 10.4. The summed E-state index contributed by atoms with van der Waals surface area (Å²) in [4.78, 5) is 18.4. The lowest BCUT2D eigenvalue weighted by Gasteiger charge is -2.23. The second-order valence-corrected chi connectivity index (χ2v) is 6.51. The number of rotatable bonds is 3. The van der Waals surface area contributed by atoms with E-state index in [1.807, 2.05) is 26.8 Å². The summed E-state index contributed by atoms with van der Waals surface area (Å²) < 4.78 is 0. The molecule has 1 aromatic carbocycles. The number of nitrogens with zero attached hydrogens (tertiary/aromatic N) is 2. The zero-order valence-electron chi connectivity index (χ0n) is 13.9. The Bertz CT molecular complexity index is 560. The Morgan fingerprint density at radius 3 is 2.59 bits per heavy atom. The summed E-state index contributed by atoms with van der Waals surface area (Å²) in [5, 5.41) is 6.26. The van der Waals surface area contributed by atoms with Gasteiger partial charge in [-0.05, 0) is 18.1 Å². The van der Waals surface area contributed by atoms with Gasteiger partial charge in [0.05, 0.1) is 0 Å². The fourth-order valence-corrected chi connectivity index (χ4v) is 2.47. The number of hydrogen-bond acceptors (Lipinski definition) is 2. The van der Waals surface area contributed by atoms with E-state index in [0.717, 1.165) is 18.9 Å². The van der Waals surface area contributed by atoms with E-state index in [2.05, 4.69) is 38.7 Å². The first-order valence-corrected chi connectivity index (χ1v) is 7.78. The van der Waals surface area contributed by atoms with Crippen LogP contribution in [0.15, 0.2) is 29.3 Å². The summed E-state index contributed by atoms with van der Waals surface area (Å²) in [6.45, 7) is 7.92. The van der Waals surface area contributed by atoms with Crippen molar-refractivity contribution in [2.75, 3.05) is 31.6 Å². The van der Waals surface area contributed by atoms with Gasteiger partial charge in [0.15, 0.2) is 5.96 Å². The Labute approximate surface area is 132 Å². The molecule has 2 N–H and O–H groups in total. The third-order valence-corrected chi connectivity index (χ3v) is 3.73. The molecule has 0 bridgehead atoms. The van der Waals surface area contributed by atoms with Gasteiger partial charge < -0.3 is 15.5 Å². The van der Waals surface area contributed by atoms with Crippen LogP contribution in [0.3, 0.4) is 0 Å². The van der Waals surface area contributed by atoms with Crippen LogP contribution >= 0.6 is 0 Å². The molecule has 0 saturated heterocycles. The molecule has 120 valence electrons. The van der Waals surface area contributed by atoms with Crippen molar-refractivity contribution >= 4 is 17.6 Å². The molecular formula is C17H26N4O. The van der Waals surface area contributed by atoms with Crippen LogP contribution in [0, 0.1) is 5.41 Å². The van der Waals surface area contributed by atoms with Gasteiger partial charge in [-0.1, -0.05) is 39.0 Å². The molecule has 5 nitrogen and oxygen atoms in total. The van der Waals surface area contributed by atoms with Crippen molar-refractivity contribution in [1.82, 2.24) is 10.6 Å². The highest BCUT2D eigenvalue weighted by Crippen LogP contribution is 2.27. The first-order valence-electron chi connectivity index (χ1n) is 7.78. The fraction of sp³-hybridized carbons (Fsp3) is 0.529. The van der Waals surface area contributed by atoms with Crippen LogP contribution in [0.25, 0.3) is 0 Å². The summed E-state index contributed by atoms with van der Waals surface area (Å²) in [5.41, 5.74) is 2.22. The quantitative estimate of drug-likeness (QED) is 0.508. The number of nitrogens with one attached hydrogen (secondary N) is 2. The molecule has 0 atom stereocenters. The van der Waals surface area contributed by atoms with Gasteiger partial charge in [-0.15, -0.1) is 0 Å². The van der Waals surface area contributed by atoms with E-state index in [-0.39, 0.29) is 11.3 Å². The average molecular weight is 302 g/mol. The van der Waals surface area contributed by atoms with Crippen molar-refractivity contribution in [3.8, 4) is 0 Å². The van der Waals surface area contributed by atoms with Gasteiger partial charge in [-0.25, -0.2) is 0 Å². The number of carbonyl (C=O) groups is 1. The maximum Gasteiger partial charge on any atom is 0.225 e. The molecule has 0 fully saturated rings. The number of anilines is 1. The molecule has 1 aromatic rings. The lowest BCUT2D eigenvalue weighted by molar-refractivity contribution is -0.128. The molecule has 1 amide bonds. The first kappa shape index (κ1) is 16.3. The molecule has 2 rings (SSSR count). The number of benzene rings is 1. The van der Waals surface area contributed by atoms with E-state index in [1.165, 1.54) is 11.3 Å². The minimum Gasteiger partial charge on any atom is -0.354 e. The average Bonchev–Trinajstić information content (AvgIpc) is 2.90. The van der Waals surface area contributed by atoms with Crippen molar-refractivity contribution in [3.63, 3.8) is 0 Å². The van der Waals surface area contributed by atoms with Crippen molar-refractivity contribution in [2.45, 2.75) is 27.2 Å². The van der Waals surface area contributed by atoms with Crippen LogP contribution in [0.4, 0.5) is 5.69 Å². The second-order valence-electron chi connectivity index (χ2n) is 6.51. The van der Waals surface area contributed by atoms with Crippen LogP contribution in [0.2, 0.25) is 0 Å². The Hall–Kier alpha value is -2.04. The predicted octanol–water partition coefficient (Wildman–Crippen LogP) is 1.79. The Balaban J connectivity index is 1.86. The summed E-state index contributed by atoms with van der Waals surface area (Å²) in [6, 6.07) is 8.40. The third kappa shape index (κ3) is 3.78. The van der Waals surface area contributed by atoms with E-state index < -0.39 is 0 Å². The Morgan fingerprint density at radius 1 is 1.23 bits per heavy atom. The molecular weight excluding hydrogens is 276 g/mol. The highest BCUT2D eigenvalue weighted by atomic mass is 16.2. The van der Waals surface area contributed by atoms with E-state index in [9.17, 15) is 4.79 Å². The molecule has 0 aromatic heterocycles. The maximum atomic E-state index is 11.8. The topological polar surface area (TPSA) is 56.7 Å². The largest absolute Gasteiger partial charge is 0.354 e. The predicted molar refractivity (Wildman–Crippen MR) is 91.3 cm³/mol. The number of amides is 1. The van der Waals surface area contributed by atoms with Crippen molar-refractivity contribution in [1.29, 1.82) is 0 Å². The molecule has 1 aliphatic rings. The SMILES string of the molecule is CN=C(NCCNC(=O)C(C)(C)C)N1CCc2ccccc21. The number of aliphatic imine (C=N–C) groups is 1. The minimum absolute atomic E-state index is 0.0656. The molecule has 0 saturated carbocycles. The van der Waals surface area contributed by atoms with Crippen molar-refractivity contribution in [2.24, 2.45) is 10.4 Å².